The summed E-state index contributed by atoms with van der Waals surface area (Å²) in [7, 11) is 1.73. The fourth-order valence-electron chi connectivity index (χ4n) is 1.28. The van der Waals surface area contributed by atoms with Gasteiger partial charge < -0.3 is 10.6 Å². The number of anilines is 2. The molecule has 2 N–H and O–H groups in total. The maximum atomic E-state index is 10.8. The maximum Gasteiger partial charge on any atom is 0.311 e. The summed E-state index contributed by atoms with van der Waals surface area (Å²) >= 11 is 0. The molecule has 1 heterocycles. The van der Waals surface area contributed by atoms with Crippen LogP contribution >= 0.6 is 0 Å². The third kappa shape index (κ3) is 3.58. The van der Waals surface area contributed by atoms with Crippen molar-refractivity contribution in [1.82, 2.24) is 4.98 Å². The molecule has 6 nitrogen and oxygen atoms in total. The monoisotopic (exact) mass is 238 g/mol. The lowest BCUT2D eigenvalue weighted by Gasteiger charge is -2.11. The summed E-state index contributed by atoms with van der Waals surface area (Å²) in [4.78, 5) is 14.6. The summed E-state index contributed by atoms with van der Waals surface area (Å²) < 4.78 is 0. The predicted octanol–water partition coefficient (Wildman–Crippen LogP) is 2.49. The highest BCUT2D eigenvalue weighted by atomic mass is 16.6. The molecule has 1 unspecified atom stereocenters. The molecule has 1 aromatic rings. The summed E-state index contributed by atoms with van der Waals surface area (Å²) in [6.45, 7) is 4.84. The Morgan fingerprint density at radius 2 is 2.24 bits per heavy atom. The van der Waals surface area contributed by atoms with E-state index in [9.17, 15) is 10.1 Å². The molecule has 6 heteroatoms. The van der Waals surface area contributed by atoms with Gasteiger partial charge in [0.05, 0.1) is 4.92 Å². The molecule has 0 amide bonds. The lowest BCUT2D eigenvalue weighted by Crippen LogP contribution is -2.13. The van der Waals surface area contributed by atoms with Crippen LogP contribution in [0.4, 0.5) is 17.3 Å². The van der Waals surface area contributed by atoms with E-state index in [1.165, 1.54) is 6.07 Å². The van der Waals surface area contributed by atoms with Crippen LogP contribution in [-0.4, -0.2) is 23.5 Å². The van der Waals surface area contributed by atoms with E-state index < -0.39 is 4.92 Å². The van der Waals surface area contributed by atoms with Crippen LogP contribution in [-0.2, 0) is 0 Å². The van der Waals surface area contributed by atoms with Crippen molar-refractivity contribution in [1.29, 1.82) is 0 Å². The fourth-order valence-corrected chi connectivity index (χ4v) is 1.28. The zero-order chi connectivity index (χ0) is 12.8. The lowest BCUT2D eigenvalue weighted by molar-refractivity contribution is -0.384. The van der Waals surface area contributed by atoms with Crippen LogP contribution < -0.4 is 10.6 Å². The molecule has 0 aliphatic heterocycles. The van der Waals surface area contributed by atoms with Crippen molar-refractivity contribution in [3.05, 3.63) is 22.2 Å². The van der Waals surface area contributed by atoms with Crippen molar-refractivity contribution in [2.24, 2.45) is 5.92 Å². The van der Waals surface area contributed by atoms with Gasteiger partial charge in [-0.3, -0.25) is 10.1 Å². The number of hydrogen-bond acceptors (Lipinski definition) is 5. The first kappa shape index (κ1) is 13.2. The van der Waals surface area contributed by atoms with Crippen molar-refractivity contribution < 1.29 is 4.92 Å². The largest absolute Gasteiger partial charge is 0.373 e. The van der Waals surface area contributed by atoms with Gasteiger partial charge in [-0.15, -0.1) is 0 Å². The number of pyridine rings is 1. The quantitative estimate of drug-likeness (QED) is 0.588. The molecule has 0 saturated carbocycles. The summed E-state index contributed by atoms with van der Waals surface area (Å²) in [6.07, 6.45) is 1.02. The maximum absolute atomic E-state index is 10.8. The van der Waals surface area contributed by atoms with E-state index in [1.54, 1.807) is 13.1 Å². The van der Waals surface area contributed by atoms with Crippen molar-refractivity contribution in [2.75, 3.05) is 24.2 Å². The second-order valence-corrected chi connectivity index (χ2v) is 3.97. The van der Waals surface area contributed by atoms with Crippen molar-refractivity contribution >= 4 is 17.3 Å². The number of nitro groups is 1. The van der Waals surface area contributed by atoms with Gasteiger partial charge in [0.25, 0.3) is 0 Å². The van der Waals surface area contributed by atoms with Gasteiger partial charge in [-0.1, -0.05) is 20.3 Å². The smallest absolute Gasteiger partial charge is 0.311 e. The predicted molar refractivity (Wildman–Crippen MR) is 68.4 cm³/mol. The van der Waals surface area contributed by atoms with E-state index in [0.717, 1.165) is 6.42 Å². The second-order valence-electron chi connectivity index (χ2n) is 3.97. The van der Waals surface area contributed by atoms with Gasteiger partial charge >= 0.3 is 5.69 Å². The Morgan fingerprint density at radius 1 is 1.53 bits per heavy atom. The Bertz CT molecular complexity index is 395. The minimum atomic E-state index is -0.425. The van der Waals surface area contributed by atoms with Crippen LogP contribution in [0.15, 0.2) is 12.1 Å². The molecule has 0 aliphatic carbocycles. The van der Waals surface area contributed by atoms with Gasteiger partial charge in [0.15, 0.2) is 0 Å². The average Bonchev–Trinajstić information content (AvgIpc) is 2.35. The number of rotatable bonds is 6. The average molecular weight is 238 g/mol. The van der Waals surface area contributed by atoms with E-state index in [1.807, 2.05) is 0 Å². The van der Waals surface area contributed by atoms with Crippen LogP contribution in [0.2, 0.25) is 0 Å². The topological polar surface area (TPSA) is 80.1 Å². The molecule has 0 spiro atoms. The highest BCUT2D eigenvalue weighted by Gasteiger charge is 2.15. The summed E-state index contributed by atoms with van der Waals surface area (Å²) in [5, 5.41) is 16.7. The molecule has 0 radical (unpaired) electrons. The van der Waals surface area contributed by atoms with E-state index >= 15 is 0 Å². The Morgan fingerprint density at radius 3 is 2.76 bits per heavy atom. The Balaban J connectivity index is 2.89. The summed E-state index contributed by atoms with van der Waals surface area (Å²) in [5.74, 6) is 1.39. The van der Waals surface area contributed by atoms with E-state index in [2.05, 4.69) is 29.5 Å². The standard InChI is InChI=1S/C11H18N4O2/c1-4-8(2)7-13-11-9(15(16)17)5-6-10(12-3)14-11/h5-6,8H,4,7H2,1-3H3,(H2,12,13,14). The molecule has 0 aromatic carbocycles. The molecule has 94 valence electrons. The minimum absolute atomic E-state index is 0.00676. The number of hydrogen-bond donors (Lipinski definition) is 2. The number of nitrogens with zero attached hydrogens (tertiary/aromatic N) is 2. The van der Waals surface area contributed by atoms with Gasteiger partial charge in [0.2, 0.25) is 5.82 Å². The molecule has 1 atom stereocenters. The Hall–Kier alpha value is -1.85. The van der Waals surface area contributed by atoms with Gasteiger partial charge in [-0.25, -0.2) is 4.98 Å². The lowest BCUT2D eigenvalue weighted by atomic mass is 10.1. The zero-order valence-corrected chi connectivity index (χ0v) is 10.4. The molecule has 0 aliphatic rings. The van der Waals surface area contributed by atoms with E-state index in [4.69, 9.17) is 0 Å². The molecule has 1 aromatic heterocycles. The third-order valence-electron chi connectivity index (χ3n) is 2.64. The van der Waals surface area contributed by atoms with Crippen LogP contribution in [0.25, 0.3) is 0 Å². The molecule has 1 rings (SSSR count). The van der Waals surface area contributed by atoms with Crippen molar-refractivity contribution in [2.45, 2.75) is 20.3 Å². The molecular formula is C11H18N4O2. The first-order valence-corrected chi connectivity index (χ1v) is 5.65. The van der Waals surface area contributed by atoms with Crippen molar-refractivity contribution in [3.8, 4) is 0 Å². The Kier molecular flexibility index (Phi) is 4.68. The van der Waals surface area contributed by atoms with Crippen LogP contribution in [0.3, 0.4) is 0 Å². The Labute approximate surface area is 101 Å². The first-order valence-electron chi connectivity index (χ1n) is 5.65. The minimum Gasteiger partial charge on any atom is -0.373 e. The normalized spacial score (nSPS) is 11.9. The van der Waals surface area contributed by atoms with Crippen LogP contribution in [0, 0.1) is 16.0 Å². The number of nitrogens with one attached hydrogen (secondary N) is 2. The molecular weight excluding hydrogens is 220 g/mol. The van der Waals surface area contributed by atoms with Gasteiger partial charge in [0, 0.05) is 19.7 Å². The van der Waals surface area contributed by atoms with Gasteiger partial charge in [-0.2, -0.15) is 0 Å². The molecule has 0 fully saturated rings. The molecule has 0 bridgehead atoms. The highest BCUT2D eigenvalue weighted by Crippen LogP contribution is 2.24. The third-order valence-corrected chi connectivity index (χ3v) is 2.64. The number of aromatic nitrogens is 1. The van der Waals surface area contributed by atoms with Crippen molar-refractivity contribution in [3.63, 3.8) is 0 Å². The highest BCUT2D eigenvalue weighted by molar-refractivity contribution is 5.60. The fraction of sp³-hybridized carbons (Fsp3) is 0.545. The molecule has 17 heavy (non-hydrogen) atoms. The zero-order valence-electron chi connectivity index (χ0n) is 10.4. The van der Waals surface area contributed by atoms with Crippen LogP contribution in [0.1, 0.15) is 20.3 Å². The summed E-state index contributed by atoms with van der Waals surface area (Å²) in [5.41, 5.74) is 0.00676. The SMILES string of the molecule is CCC(C)CNc1nc(NC)ccc1[N+](=O)[O-]. The first-order chi connectivity index (χ1) is 8.08. The van der Waals surface area contributed by atoms with Gasteiger partial charge in [-0.05, 0) is 12.0 Å². The summed E-state index contributed by atoms with van der Waals surface area (Å²) in [6, 6.07) is 3.05. The van der Waals surface area contributed by atoms with Gasteiger partial charge in [0.1, 0.15) is 5.82 Å². The second kappa shape index (κ2) is 6.03. The molecule has 0 saturated heterocycles. The van der Waals surface area contributed by atoms with E-state index in [0.29, 0.717) is 24.1 Å². The van der Waals surface area contributed by atoms with Crippen LogP contribution in [0.5, 0.6) is 0 Å². The van der Waals surface area contributed by atoms with E-state index in [-0.39, 0.29) is 5.69 Å².